The molecule has 0 spiro atoms. The van der Waals surface area contributed by atoms with Crippen LogP contribution in [0.3, 0.4) is 0 Å². The molecule has 2 amide bonds. The lowest BCUT2D eigenvalue weighted by Crippen LogP contribution is -2.18. The van der Waals surface area contributed by atoms with Crippen LogP contribution < -0.4 is 10.6 Å². The van der Waals surface area contributed by atoms with Crippen LogP contribution in [0.4, 0.5) is 11.4 Å². The maximum Gasteiger partial charge on any atom is 0.257 e. The lowest BCUT2D eigenvalue weighted by Gasteiger charge is -2.12. The number of para-hydroxylation sites is 1. The first-order valence-electron chi connectivity index (χ1n) is 8.95. The molecule has 8 heteroatoms. The average molecular weight is 443 g/mol. The molecule has 0 fully saturated rings. The molecule has 0 saturated heterocycles. The molecule has 0 saturated carbocycles. The van der Waals surface area contributed by atoms with Gasteiger partial charge in [-0.15, -0.1) is 0 Å². The molecule has 3 aromatic rings. The molecular weight excluding hydrogens is 424 g/mol. The van der Waals surface area contributed by atoms with E-state index >= 15 is 0 Å². The van der Waals surface area contributed by atoms with E-state index in [1.807, 2.05) is 0 Å². The van der Waals surface area contributed by atoms with Gasteiger partial charge in [0.2, 0.25) is 0 Å². The lowest BCUT2D eigenvalue weighted by atomic mass is 10.1. The zero-order valence-corrected chi connectivity index (χ0v) is 17.6. The van der Waals surface area contributed by atoms with E-state index in [1.54, 1.807) is 66.7 Å². The molecule has 0 aliphatic rings. The summed E-state index contributed by atoms with van der Waals surface area (Å²) in [6.45, 7) is 0. The fourth-order valence-electron chi connectivity index (χ4n) is 2.82. The second kappa shape index (κ2) is 9.11. The first-order valence-corrected chi connectivity index (χ1v) is 11.4. The summed E-state index contributed by atoms with van der Waals surface area (Å²) < 4.78 is 23.0. The number of halogens is 1. The van der Waals surface area contributed by atoms with Crippen LogP contribution in [0.2, 0.25) is 5.02 Å². The molecule has 2 N–H and O–H groups in total. The van der Waals surface area contributed by atoms with Crippen LogP contribution in [0.5, 0.6) is 0 Å². The van der Waals surface area contributed by atoms with Crippen LogP contribution in [-0.4, -0.2) is 26.5 Å². The van der Waals surface area contributed by atoms with Gasteiger partial charge in [-0.2, -0.15) is 0 Å². The molecule has 0 aliphatic carbocycles. The summed E-state index contributed by atoms with van der Waals surface area (Å²) in [6, 6.07) is 19.7. The summed E-state index contributed by atoms with van der Waals surface area (Å²) in [6.07, 6.45) is 1.13. The highest BCUT2D eigenvalue weighted by Crippen LogP contribution is 2.20. The van der Waals surface area contributed by atoms with E-state index in [4.69, 9.17) is 11.6 Å². The van der Waals surface area contributed by atoms with E-state index in [2.05, 4.69) is 10.6 Å². The van der Waals surface area contributed by atoms with Gasteiger partial charge >= 0.3 is 0 Å². The van der Waals surface area contributed by atoms with Crippen LogP contribution in [0.25, 0.3) is 0 Å². The van der Waals surface area contributed by atoms with Crippen LogP contribution >= 0.6 is 11.6 Å². The van der Waals surface area contributed by atoms with Crippen molar-refractivity contribution >= 4 is 44.6 Å². The second-order valence-corrected chi connectivity index (χ2v) is 9.31. The highest BCUT2D eigenvalue weighted by atomic mass is 35.5. The smallest absolute Gasteiger partial charge is 0.257 e. The van der Waals surface area contributed by atoms with Crippen molar-refractivity contribution < 1.29 is 18.0 Å². The Kier molecular flexibility index (Phi) is 6.54. The fourth-order valence-corrected chi connectivity index (χ4v) is 3.73. The monoisotopic (exact) mass is 442 g/mol. The van der Waals surface area contributed by atoms with E-state index in [1.165, 1.54) is 6.07 Å². The number of anilines is 2. The maximum absolute atomic E-state index is 12.7. The first kappa shape index (κ1) is 21.5. The Balaban J connectivity index is 1.79. The predicted octanol–water partition coefficient (Wildman–Crippen LogP) is 4.39. The van der Waals surface area contributed by atoms with E-state index in [0.717, 1.165) is 6.26 Å². The highest BCUT2D eigenvalue weighted by molar-refractivity contribution is 7.89. The minimum atomic E-state index is -3.22. The molecule has 154 valence electrons. The molecule has 0 unspecified atom stereocenters. The fraction of sp³-hybridized carbons (Fsp3) is 0.0909. The Bertz CT molecular complexity index is 1190. The summed E-state index contributed by atoms with van der Waals surface area (Å²) in [5.41, 5.74) is 2.00. The third-order valence-corrected chi connectivity index (χ3v) is 5.25. The van der Waals surface area contributed by atoms with Gasteiger partial charge in [0.05, 0.1) is 17.0 Å². The molecule has 0 heterocycles. The van der Waals surface area contributed by atoms with Gasteiger partial charge in [0, 0.05) is 22.5 Å². The zero-order chi connectivity index (χ0) is 21.7. The standard InChI is InChI=1S/C22H19ClN2O4S/c1-30(28,29)14-15-5-4-6-16(13-15)21(26)25-20-8-3-2-7-19(20)22(27)24-18-11-9-17(23)10-12-18/h2-13H,14H2,1H3,(H,24,27)(H,25,26). The third-order valence-electron chi connectivity index (χ3n) is 4.14. The third kappa shape index (κ3) is 5.92. The number of sulfone groups is 1. The van der Waals surface area contributed by atoms with Crippen molar-refractivity contribution in [3.63, 3.8) is 0 Å². The summed E-state index contributed by atoms with van der Waals surface area (Å²) >= 11 is 5.86. The van der Waals surface area contributed by atoms with E-state index < -0.39 is 15.7 Å². The van der Waals surface area contributed by atoms with Crippen LogP contribution in [0.1, 0.15) is 26.3 Å². The molecule has 3 rings (SSSR count). The number of carbonyl (C=O) groups excluding carboxylic acids is 2. The average Bonchev–Trinajstić information content (AvgIpc) is 2.69. The van der Waals surface area contributed by atoms with Gasteiger partial charge in [0.1, 0.15) is 0 Å². The van der Waals surface area contributed by atoms with Gasteiger partial charge in [-0.05, 0) is 54.1 Å². The highest BCUT2D eigenvalue weighted by Gasteiger charge is 2.15. The lowest BCUT2D eigenvalue weighted by molar-refractivity contribution is 0.102. The summed E-state index contributed by atoms with van der Waals surface area (Å²) in [5.74, 6) is -0.995. The topological polar surface area (TPSA) is 92.3 Å². The zero-order valence-electron chi connectivity index (χ0n) is 16.1. The number of nitrogens with one attached hydrogen (secondary N) is 2. The minimum Gasteiger partial charge on any atom is -0.322 e. The minimum absolute atomic E-state index is 0.159. The van der Waals surface area contributed by atoms with Crippen molar-refractivity contribution in [1.29, 1.82) is 0 Å². The van der Waals surface area contributed by atoms with Crippen molar-refractivity contribution in [1.82, 2.24) is 0 Å². The second-order valence-electron chi connectivity index (χ2n) is 6.73. The maximum atomic E-state index is 12.7. The van der Waals surface area contributed by atoms with Gasteiger partial charge in [0.25, 0.3) is 11.8 Å². The van der Waals surface area contributed by atoms with Crippen LogP contribution in [0, 0.1) is 0 Å². The van der Waals surface area contributed by atoms with Crippen LogP contribution in [0.15, 0.2) is 72.8 Å². The van der Waals surface area contributed by atoms with Crippen molar-refractivity contribution in [3.05, 3.63) is 94.5 Å². The van der Waals surface area contributed by atoms with Gasteiger partial charge in [-0.25, -0.2) is 8.42 Å². The molecule has 6 nitrogen and oxygen atoms in total. The van der Waals surface area contributed by atoms with Gasteiger partial charge < -0.3 is 10.6 Å². The molecule has 0 bridgehead atoms. The molecular formula is C22H19ClN2O4S. The normalized spacial score (nSPS) is 11.0. The van der Waals surface area contributed by atoms with Crippen molar-refractivity contribution in [3.8, 4) is 0 Å². The van der Waals surface area contributed by atoms with Crippen molar-refractivity contribution in [2.45, 2.75) is 5.75 Å². The molecule has 0 aliphatic heterocycles. The number of hydrogen-bond donors (Lipinski definition) is 2. The van der Waals surface area contributed by atoms with Gasteiger partial charge in [0.15, 0.2) is 9.84 Å². The Morgan fingerprint density at radius 2 is 1.57 bits per heavy atom. The predicted molar refractivity (Wildman–Crippen MR) is 119 cm³/mol. The molecule has 0 radical (unpaired) electrons. The van der Waals surface area contributed by atoms with Gasteiger partial charge in [-0.3, -0.25) is 9.59 Å². The quantitative estimate of drug-likeness (QED) is 0.592. The van der Waals surface area contributed by atoms with Gasteiger partial charge in [-0.1, -0.05) is 35.9 Å². The summed E-state index contributed by atoms with van der Waals surface area (Å²) in [7, 11) is -3.22. The largest absolute Gasteiger partial charge is 0.322 e. The van der Waals surface area contributed by atoms with E-state index in [9.17, 15) is 18.0 Å². The Labute approximate surface area is 179 Å². The van der Waals surface area contributed by atoms with E-state index in [0.29, 0.717) is 27.5 Å². The van der Waals surface area contributed by atoms with Crippen molar-refractivity contribution in [2.24, 2.45) is 0 Å². The first-order chi connectivity index (χ1) is 14.2. The summed E-state index contributed by atoms with van der Waals surface area (Å²) in [4.78, 5) is 25.4. The Hall–Kier alpha value is -3.16. The number of hydrogen-bond acceptors (Lipinski definition) is 4. The number of rotatable bonds is 6. The molecule has 0 aromatic heterocycles. The molecule has 30 heavy (non-hydrogen) atoms. The van der Waals surface area contributed by atoms with Crippen LogP contribution in [-0.2, 0) is 15.6 Å². The number of amides is 2. The molecule has 3 aromatic carbocycles. The summed E-state index contributed by atoms with van der Waals surface area (Å²) in [5, 5.41) is 6.03. The van der Waals surface area contributed by atoms with Crippen molar-refractivity contribution in [2.75, 3.05) is 16.9 Å². The Morgan fingerprint density at radius 1 is 0.867 bits per heavy atom. The molecule has 0 atom stereocenters. The Morgan fingerprint density at radius 3 is 2.27 bits per heavy atom. The SMILES string of the molecule is CS(=O)(=O)Cc1cccc(C(=O)Nc2ccccc2C(=O)Nc2ccc(Cl)cc2)c1. The van der Waals surface area contributed by atoms with E-state index in [-0.39, 0.29) is 17.2 Å². The number of carbonyl (C=O) groups is 2. The number of benzene rings is 3.